The number of nitrogens with two attached hydrogens (primary N) is 3. The molecule has 0 aliphatic heterocycles. The number of hydrogen-bond acceptors (Lipinski definition) is 6. The first-order valence-electron chi connectivity index (χ1n) is 6.29. The van der Waals surface area contributed by atoms with Crippen LogP contribution in [0.15, 0.2) is 6.33 Å². The Kier molecular flexibility index (Phi) is 3.89. The number of aromatic nitrogens is 2. The maximum absolute atomic E-state index is 13.1. The smallest absolute Gasteiger partial charge is 0.393 e. The molecule has 1 aliphatic rings. The molecule has 0 aromatic carbocycles. The third kappa shape index (κ3) is 2.72. The average Bonchev–Trinajstić information content (AvgIpc) is 2.40. The zero-order valence-corrected chi connectivity index (χ0v) is 10.8. The maximum Gasteiger partial charge on any atom is 0.393 e. The predicted molar refractivity (Wildman–Crippen MR) is 69.3 cm³/mol. The van der Waals surface area contributed by atoms with Crippen molar-refractivity contribution < 1.29 is 13.2 Å². The van der Waals surface area contributed by atoms with Crippen LogP contribution in [0.5, 0.6) is 0 Å². The van der Waals surface area contributed by atoms with E-state index in [0.29, 0.717) is 19.3 Å². The number of anilines is 3. The number of alkyl halides is 3. The molecule has 6 N–H and O–H groups in total. The summed E-state index contributed by atoms with van der Waals surface area (Å²) >= 11 is 0. The predicted octanol–water partition coefficient (Wildman–Crippen LogP) is 1.44. The second kappa shape index (κ2) is 5.31. The van der Waals surface area contributed by atoms with Crippen molar-refractivity contribution >= 4 is 17.3 Å². The van der Waals surface area contributed by atoms with Crippen LogP contribution in [0, 0.1) is 5.92 Å². The molecule has 2 atom stereocenters. The van der Waals surface area contributed by atoms with E-state index in [1.165, 1.54) is 0 Å². The monoisotopic (exact) mass is 290 g/mol. The molecular formula is C11H17F3N6. The van der Waals surface area contributed by atoms with Crippen molar-refractivity contribution in [3.63, 3.8) is 0 Å². The molecule has 0 radical (unpaired) electrons. The molecule has 1 aromatic heterocycles. The third-order valence-corrected chi connectivity index (χ3v) is 3.65. The van der Waals surface area contributed by atoms with E-state index in [0.717, 1.165) is 11.3 Å². The second-order valence-electron chi connectivity index (χ2n) is 4.90. The minimum absolute atomic E-state index is 0.00139. The number of hydrazine groups is 1. The molecule has 6 nitrogen and oxygen atoms in total. The summed E-state index contributed by atoms with van der Waals surface area (Å²) in [5, 5.41) is 0.991. The SMILES string of the molecule is Nc1ncnc(N(N)C2CCCCC2C(F)(F)F)c1N. The highest BCUT2D eigenvalue weighted by atomic mass is 19.4. The fraction of sp³-hybridized carbons (Fsp3) is 0.636. The molecule has 1 saturated carbocycles. The maximum atomic E-state index is 13.1. The zero-order chi connectivity index (χ0) is 14.9. The van der Waals surface area contributed by atoms with Gasteiger partial charge in [0.15, 0.2) is 11.6 Å². The fourth-order valence-corrected chi connectivity index (χ4v) is 2.59. The molecule has 0 saturated heterocycles. The molecule has 0 spiro atoms. The van der Waals surface area contributed by atoms with E-state index in [9.17, 15) is 13.2 Å². The van der Waals surface area contributed by atoms with E-state index in [2.05, 4.69) is 9.97 Å². The van der Waals surface area contributed by atoms with Gasteiger partial charge in [0.2, 0.25) is 0 Å². The highest BCUT2D eigenvalue weighted by Crippen LogP contribution is 2.41. The second-order valence-corrected chi connectivity index (χ2v) is 4.90. The van der Waals surface area contributed by atoms with Gasteiger partial charge in [0.05, 0.1) is 12.0 Å². The molecule has 1 aliphatic carbocycles. The van der Waals surface area contributed by atoms with Gasteiger partial charge in [-0.05, 0) is 12.8 Å². The van der Waals surface area contributed by atoms with Crippen LogP contribution in [0.2, 0.25) is 0 Å². The minimum atomic E-state index is -4.30. The van der Waals surface area contributed by atoms with E-state index in [4.69, 9.17) is 17.3 Å². The molecule has 1 heterocycles. The van der Waals surface area contributed by atoms with Gasteiger partial charge < -0.3 is 11.5 Å². The Balaban J connectivity index is 2.30. The number of halogens is 3. The van der Waals surface area contributed by atoms with Crippen LogP contribution in [0.25, 0.3) is 0 Å². The summed E-state index contributed by atoms with van der Waals surface area (Å²) in [4.78, 5) is 7.52. The lowest BCUT2D eigenvalue weighted by Gasteiger charge is -2.38. The zero-order valence-electron chi connectivity index (χ0n) is 10.8. The lowest BCUT2D eigenvalue weighted by atomic mass is 9.83. The van der Waals surface area contributed by atoms with Crippen LogP contribution >= 0.6 is 0 Å². The Hall–Kier alpha value is -1.77. The Morgan fingerprint density at radius 1 is 1.15 bits per heavy atom. The molecule has 0 bridgehead atoms. The van der Waals surface area contributed by atoms with Gasteiger partial charge >= 0.3 is 6.18 Å². The Labute approximate surface area is 114 Å². The normalized spacial score (nSPS) is 23.6. The first-order chi connectivity index (χ1) is 9.32. The number of nitrogen functional groups attached to an aromatic ring is 2. The van der Waals surface area contributed by atoms with Crippen LogP contribution in [-0.2, 0) is 0 Å². The summed E-state index contributed by atoms with van der Waals surface area (Å²) in [6.07, 6.45) is -1.55. The lowest BCUT2D eigenvalue weighted by molar-refractivity contribution is -0.186. The van der Waals surface area contributed by atoms with Crippen LogP contribution in [0.3, 0.4) is 0 Å². The van der Waals surface area contributed by atoms with Crippen LogP contribution in [0.1, 0.15) is 25.7 Å². The van der Waals surface area contributed by atoms with Crippen LogP contribution in [0.4, 0.5) is 30.5 Å². The molecule has 1 fully saturated rings. The summed E-state index contributed by atoms with van der Waals surface area (Å²) in [6.45, 7) is 0. The Morgan fingerprint density at radius 2 is 1.80 bits per heavy atom. The van der Waals surface area contributed by atoms with Crippen LogP contribution < -0.4 is 22.3 Å². The van der Waals surface area contributed by atoms with Gasteiger partial charge in [-0.1, -0.05) is 12.8 Å². The first kappa shape index (κ1) is 14.6. The van der Waals surface area contributed by atoms with Crippen molar-refractivity contribution in [2.45, 2.75) is 37.9 Å². The third-order valence-electron chi connectivity index (χ3n) is 3.65. The molecule has 112 valence electrons. The molecule has 2 rings (SSSR count). The number of rotatable bonds is 2. The van der Waals surface area contributed by atoms with Gasteiger partial charge in [0.25, 0.3) is 0 Å². The van der Waals surface area contributed by atoms with E-state index in [1.54, 1.807) is 0 Å². The van der Waals surface area contributed by atoms with Gasteiger partial charge in [-0.3, -0.25) is 5.01 Å². The summed E-state index contributed by atoms with van der Waals surface area (Å²) in [7, 11) is 0. The van der Waals surface area contributed by atoms with Gasteiger partial charge in [-0.2, -0.15) is 13.2 Å². The standard InChI is InChI=1S/C11H17F3N6/c12-11(13,14)6-3-1-2-4-7(6)20(17)10-8(15)9(16)18-5-19-10/h5-7H,1-4,15,17H2,(H2,16,18,19). The minimum Gasteiger partial charge on any atom is -0.393 e. The highest BCUT2D eigenvalue weighted by Gasteiger charge is 2.47. The highest BCUT2D eigenvalue weighted by molar-refractivity contribution is 5.72. The van der Waals surface area contributed by atoms with Crippen LogP contribution in [-0.4, -0.2) is 22.2 Å². The van der Waals surface area contributed by atoms with Gasteiger partial charge in [0, 0.05) is 0 Å². The number of hydrogen-bond donors (Lipinski definition) is 3. The molecule has 0 amide bonds. The molecule has 1 aromatic rings. The van der Waals surface area contributed by atoms with Crippen molar-refractivity contribution in [1.82, 2.24) is 9.97 Å². The largest absolute Gasteiger partial charge is 0.393 e. The number of nitrogens with zero attached hydrogens (tertiary/aromatic N) is 3. The van der Waals surface area contributed by atoms with E-state index in [-0.39, 0.29) is 23.7 Å². The Bertz CT molecular complexity index is 478. The van der Waals surface area contributed by atoms with Crippen molar-refractivity contribution in [2.75, 3.05) is 16.5 Å². The van der Waals surface area contributed by atoms with E-state index >= 15 is 0 Å². The first-order valence-corrected chi connectivity index (χ1v) is 6.29. The summed E-state index contributed by atoms with van der Waals surface area (Å²) < 4.78 is 39.2. The molecule has 20 heavy (non-hydrogen) atoms. The quantitative estimate of drug-likeness (QED) is 0.562. The van der Waals surface area contributed by atoms with Crippen molar-refractivity contribution in [3.05, 3.63) is 6.33 Å². The molecular weight excluding hydrogens is 273 g/mol. The molecule has 2 unspecified atom stereocenters. The topological polar surface area (TPSA) is 107 Å². The summed E-state index contributed by atoms with van der Waals surface area (Å²) in [5.41, 5.74) is 11.2. The fourth-order valence-electron chi connectivity index (χ4n) is 2.59. The van der Waals surface area contributed by atoms with E-state index in [1.807, 2.05) is 0 Å². The summed E-state index contributed by atoms with van der Waals surface area (Å²) in [5.74, 6) is 4.39. The molecule has 9 heteroatoms. The van der Waals surface area contributed by atoms with Crippen molar-refractivity contribution in [3.8, 4) is 0 Å². The van der Waals surface area contributed by atoms with E-state index < -0.39 is 18.1 Å². The van der Waals surface area contributed by atoms with Gasteiger partial charge in [-0.25, -0.2) is 15.8 Å². The summed E-state index contributed by atoms with van der Waals surface area (Å²) in [6, 6.07) is -0.889. The average molecular weight is 290 g/mol. The van der Waals surface area contributed by atoms with Crippen molar-refractivity contribution in [2.24, 2.45) is 11.8 Å². The lowest BCUT2D eigenvalue weighted by Crippen LogP contribution is -2.52. The Morgan fingerprint density at radius 3 is 2.45 bits per heavy atom. The van der Waals surface area contributed by atoms with Gasteiger partial charge in [-0.15, -0.1) is 0 Å². The van der Waals surface area contributed by atoms with Crippen molar-refractivity contribution in [1.29, 1.82) is 0 Å². The van der Waals surface area contributed by atoms with Gasteiger partial charge in [0.1, 0.15) is 12.0 Å².